The summed E-state index contributed by atoms with van der Waals surface area (Å²) in [6.07, 6.45) is 5.21. The van der Waals surface area contributed by atoms with Gasteiger partial charge in [0.25, 0.3) is 5.56 Å². The van der Waals surface area contributed by atoms with Crippen molar-refractivity contribution in [1.29, 1.82) is 0 Å². The highest BCUT2D eigenvalue weighted by Gasteiger charge is 2.04. The lowest BCUT2D eigenvalue weighted by molar-refractivity contribution is 0.980. The highest BCUT2D eigenvalue weighted by molar-refractivity contribution is 5.55. The van der Waals surface area contributed by atoms with Crippen LogP contribution in [0.4, 0.5) is 5.82 Å². The van der Waals surface area contributed by atoms with Gasteiger partial charge in [-0.3, -0.25) is 9.78 Å². The fraction of sp³-hybridized carbons (Fsp3) is 0.263. The fourth-order valence-corrected chi connectivity index (χ4v) is 2.45. The van der Waals surface area contributed by atoms with E-state index in [-0.39, 0.29) is 5.56 Å². The Bertz CT molecular complexity index is 885. The van der Waals surface area contributed by atoms with Crippen molar-refractivity contribution in [3.8, 4) is 11.4 Å². The largest absolute Gasteiger partial charge is 0.370 e. The summed E-state index contributed by atoms with van der Waals surface area (Å²) >= 11 is 0. The minimum atomic E-state index is -0.143. The summed E-state index contributed by atoms with van der Waals surface area (Å²) in [7, 11) is 0. The van der Waals surface area contributed by atoms with Gasteiger partial charge in [-0.05, 0) is 43.5 Å². The van der Waals surface area contributed by atoms with E-state index in [1.165, 1.54) is 11.6 Å². The number of hydrogen-bond acceptors (Lipinski definition) is 5. The summed E-state index contributed by atoms with van der Waals surface area (Å²) in [6, 6.07) is 9.42. The van der Waals surface area contributed by atoms with E-state index in [1.807, 2.05) is 38.2 Å². The molecule has 6 nitrogen and oxygen atoms in total. The number of rotatable bonds is 6. The number of pyridine rings is 2. The molecule has 0 aliphatic carbocycles. The molecule has 6 heteroatoms. The van der Waals surface area contributed by atoms with Crippen molar-refractivity contribution in [2.45, 2.75) is 26.7 Å². The van der Waals surface area contributed by atoms with Crippen LogP contribution in [0.25, 0.3) is 11.4 Å². The third-order valence-electron chi connectivity index (χ3n) is 3.89. The maximum Gasteiger partial charge on any atom is 0.251 e. The van der Waals surface area contributed by atoms with Crippen molar-refractivity contribution >= 4 is 5.82 Å². The molecule has 2 N–H and O–H groups in total. The molecule has 3 aromatic rings. The average Bonchev–Trinajstić information content (AvgIpc) is 2.63. The predicted octanol–water partition coefficient (Wildman–Crippen LogP) is 2.75. The van der Waals surface area contributed by atoms with Crippen molar-refractivity contribution in [1.82, 2.24) is 19.9 Å². The first-order valence-electron chi connectivity index (χ1n) is 8.36. The Kier molecular flexibility index (Phi) is 5.18. The van der Waals surface area contributed by atoms with E-state index < -0.39 is 0 Å². The Morgan fingerprint density at radius 3 is 2.68 bits per heavy atom. The molecule has 3 rings (SSSR count). The minimum Gasteiger partial charge on any atom is -0.370 e. The molecule has 0 bridgehead atoms. The predicted molar refractivity (Wildman–Crippen MR) is 98.6 cm³/mol. The minimum absolute atomic E-state index is 0.143. The Labute approximate surface area is 146 Å². The van der Waals surface area contributed by atoms with Crippen LogP contribution >= 0.6 is 0 Å². The summed E-state index contributed by atoms with van der Waals surface area (Å²) in [4.78, 5) is 27.6. The molecule has 0 unspecified atom stereocenters. The number of aryl methyl sites for hydroxylation is 2. The zero-order chi connectivity index (χ0) is 17.6. The molecule has 25 heavy (non-hydrogen) atoms. The molecule has 0 saturated carbocycles. The van der Waals surface area contributed by atoms with Crippen molar-refractivity contribution < 1.29 is 0 Å². The van der Waals surface area contributed by atoms with Crippen LogP contribution in [-0.4, -0.2) is 26.5 Å². The van der Waals surface area contributed by atoms with Gasteiger partial charge in [0.2, 0.25) is 0 Å². The smallest absolute Gasteiger partial charge is 0.251 e. The lowest BCUT2D eigenvalue weighted by Gasteiger charge is -2.07. The van der Waals surface area contributed by atoms with Crippen LogP contribution in [0, 0.1) is 6.92 Å². The van der Waals surface area contributed by atoms with Crippen LogP contribution < -0.4 is 10.9 Å². The third-order valence-corrected chi connectivity index (χ3v) is 3.89. The van der Waals surface area contributed by atoms with Gasteiger partial charge in [0, 0.05) is 42.0 Å². The normalized spacial score (nSPS) is 10.6. The average molecular weight is 335 g/mol. The first kappa shape index (κ1) is 16.8. The lowest BCUT2D eigenvalue weighted by atomic mass is 10.2. The summed E-state index contributed by atoms with van der Waals surface area (Å²) in [5, 5.41) is 3.29. The van der Waals surface area contributed by atoms with E-state index in [2.05, 4.69) is 31.3 Å². The van der Waals surface area contributed by atoms with Crippen LogP contribution in [0.15, 0.2) is 47.5 Å². The van der Waals surface area contributed by atoms with Gasteiger partial charge in [-0.15, -0.1) is 0 Å². The van der Waals surface area contributed by atoms with Crippen molar-refractivity contribution in [2.24, 2.45) is 0 Å². The molecule has 0 spiro atoms. The number of aromatic amines is 1. The van der Waals surface area contributed by atoms with Crippen LogP contribution in [0.1, 0.15) is 23.9 Å². The maximum atomic E-state index is 11.7. The number of hydrogen-bond donors (Lipinski definition) is 2. The number of aromatic nitrogens is 4. The van der Waals surface area contributed by atoms with Gasteiger partial charge < -0.3 is 10.3 Å². The van der Waals surface area contributed by atoms with Gasteiger partial charge in [-0.25, -0.2) is 9.97 Å². The fourth-order valence-electron chi connectivity index (χ4n) is 2.45. The quantitative estimate of drug-likeness (QED) is 0.724. The summed E-state index contributed by atoms with van der Waals surface area (Å²) in [6.45, 7) is 4.73. The number of nitrogens with zero attached hydrogens (tertiary/aromatic N) is 3. The molecule has 3 heterocycles. The molecule has 0 radical (unpaired) electrons. The molecular formula is C19H21N5O. The first-order valence-corrected chi connectivity index (χ1v) is 8.36. The Balaban J connectivity index is 1.63. The summed E-state index contributed by atoms with van der Waals surface area (Å²) in [5.41, 5.74) is 3.63. The topological polar surface area (TPSA) is 83.6 Å². The van der Waals surface area contributed by atoms with Gasteiger partial charge in [-0.2, -0.15) is 0 Å². The van der Waals surface area contributed by atoms with E-state index in [0.29, 0.717) is 5.82 Å². The molecule has 0 amide bonds. The van der Waals surface area contributed by atoms with E-state index >= 15 is 0 Å². The van der Waals surface area contributed by atoms with E-state index in [0.717, 1.165) is 42.2 Å². The van der Waals surface area contributed by atoms with E-state index in [4.69, 9.17) is 0 Å². The van der Waals surface area contributed by atoms with E-state index in [1.54, 1.807) is 6.20 Å². The van der Waals surface area contributed by atoms with Crippen molar-refractivity contribution in [3.05, 3.63) is 70.0 Å². The van der Waals surface area contributed by atoms with Crippen LogP contribution in [0.5, 0.6) is 0 Å². The summed E-state index contributed by atoms with van der Waals surface area (Å²) < 4.78 is 0. The van der Waals surface area contributed by atoms with Crippen molar-refractivity contribution in [3.63, 3.8) is 0 Å². The Morgan fingerprint density at radius 1 is 1.12 bits per heavy atom. The molecule has 128 valence electrons. The van der Waals surface area contributed by atoms with Gasteiger partial charge >= 0.3 is 0 Å². The van der Waals surface area contributed by atoms with Crippen LogP contribution in [-0.2, 0) is 12.8 Å². The third kappa shape index (κ3) is 4.50. The highest BCUT2D eigenvalue weighted by Crippen LogP contribution is 2.15. The lowest BCUT2D eigenvalue weighted by Crippen LogP contribution is -2.10. The first-order chi connectivity index (χ1) is 12.1. The molecule has 0 fully saturated rings. The molecule has 0 atom stereocenters. The van der Waals surface area contributed by atoms with Gasteiger partial charge in [0.1, 0.15) is 11.6 Å². The van der Waals surface area contributed by atoms with Gasteiger partial charge in [0.15, 0.2) is 0 Å². The second-order valence-electron chi connectivity index (χ2n) is 5.86. The molecule has 0 aromatic carbocycles. The molecule has 0 aliphatic heterocycles. The Morgan fingerprint density at radius 2 is 2.00 bits per heavy atom. The zero-order valence-electron chi connectivity index (χ0n) is 14.4. The SMILES string of the molecule is CCc1cc(=O)[nH]c(-c2ccc(NCCc3ccc(C)nc3)nc2)n1. The van der Waals surface area contributed by atoms with Crippen molar-refractivity contribution in [2.75, 3.05) is 11.9 Å². The molecule has 3 aromatic heterocycles. The second-order valence-corrected chi connectivity index (χ2v) is 5.86. The molecular weight excluding hydrogens is 314 g/mol. The van der Waals surface area contributed by atoms with Crippen LogP contribution in [0.2, 0.25) is 0 Å². The standard InChI is InChI=1S/C19H21N5O/c1-3-16-10-18(25)24-19(23-16)15-6-7-17(22-12-15)20-9-8-14-5-4-13(2)21-11-14/h4-7,10-12H,3,8-9H2,1-2H3,(H,20,22)(H,23,24,25). The number of nitrogens with one attached hydrogen (secondary N) is 2. The number of H-pyrrole nitrogens is 1. The zero-order valence-corrected chi connectivity index (χ0v) is 14.4. The van der Waals surface area contributed by atoms with E-state index in [9.17, 15) is 4.79 Å². The Hall–Kier alpha value is -3.02. The maximum absolute atomic E-state index is 11.7. The monoisotopic (exact) mass is 335 g/mol. The second kappa shape index (κ2) is 7.70. The van der Waals surface area contributed by atoms with Gasteiger partial charge in [0.05, 0.1) is 0 Å². The molecule has 0 aliphatic rings. The van der Waals surface area contributed by atoms with Crippen LogP contribution in [0.3, 0.4) is 0 Å². The molecule has 0 saturated heterocycles. The number of anilines is 1. The van der Waals surface area contributed by atoms with Gasteiger partial charge in [-0.1, -0.05) is 13.0 Å². The highest BCUT2D eigenvalue weighted by atomic mass is 16.1. The summed E-state index contributed by atoms with van der Waals surface area (Å²) in [5.74, 6) is 1.34.